The molecule has 0 unspecified atom stereocenters. The number of hydrogen-bond donors (Lipinski definition) is 1. The lowest BCUT2D eigenvalue weighted by molar-refractivity contribution is -0.137. The Balaban J connectivity index is 1.63. The summed E-state index contributed by atoms with van der Waals surface area (Å²) in [6.45, 7) is 0.211. The van der Waals surface area contributed by atoms with E-state index in [0.717, 1.165) is 12.1 Å². The average Bonchev–Trinajstić information content (AvgIpc) is 2.73. The number of sulfonamides is 2. The SMILES string of the molecule is COc1ccc(S(=O)(=O)N2CCC(NS(=O)(=O)c3ccc(C(F)(F)F)cc3)CC2)cc1. The Bertz CT molecular complexity index is 1110. The van der Waals surface area contributed by atoms with E-state index in [2.05, 4.69) is 4.72 Å². The molecule has 1 fully saturated rings. The van der Waals surface area contributed by atoms with E-state index in [1.54, 1.807) is 0 Å². The first-order valence-electron chi connectivity index (χ1n) is 9.27. The molecule has 1 N–H and O–H groups in total. The molecule has 31 heavy (non-hydrogen) atoms. The van der Waals surface area contributed by atoms with Gasteiger partial charge in [-0.25, -0.2) is 21.6 Å². The largest absolute Gasteiger partial charge is 0.497 e. The number of ether oxygens (including phenoxy) is 1. The minimum atomic E-state index is -4.56. The second-order valence-corrected chi connectivity index (χ2v) is 10.6. The van der Waals surface area contributed by atoms with Crippen LogP contribution < -0.4 is 9.46 Å². The van der Waals surface area contributed by atoms with E-state index in [0.29, 0.717) is 17.9 Å². The van der Waals surface area contributed by atoms with Gasteiger partial charge in [-0.1, -0.05) is 0 Å². The first kappa shape index (κ1) is 23.5. The molecular formula is C19H21F3N2O5S2. The van der Waals surface area contributed by atoms with Crippen molar-refractivity contribution in [2.45, 2.75) is 34.9 Å². The third-order valence-corrected chi connectivity index (χ3v) is 8.41. The second kappa shape index (κ2) is 8.77. The molecule has 0 radical (unpaired) electrons. The molecular weight excluding hydrogens is 457 g/mol. The Kier molecular flexibility index (Phi) is 6.65. The lowest BCUT2D eigenvalue weighted by atomic mass is 10.1. The second-order valence-electron chi connectivity index (χ2n) is 7.00. The third kappa shape index (κ3) is 5.37. The lowest BCUT2D eigenvalue weighted by Crippen LogP contribution is -2.46. The maximum atomic E-state index is 12.8. The molecule has 0 atom stereocenters. The van der Waals surface area contributed by atoms with E-state index in [9.17, 15) is 30.0 Å². The topological polar surface area (TPSA) is 92.8 Å². The molecule has 1 aliphatic rings. The van der Waals surface area contributed by atoms with Crippen LogP contribution in [0.5, 0.6) is 5.75 Å². The Labute approximate surface area is 178 Å². The van der Waals surface area contributed by atoms with Crippen molar-refractivity contribution in [1.82, 2.24) is 9.03 Å². The number of hydrogen-bond acceptors (Lipinski definition) is 5. The van der Waals surface area contributed by atoms with Crippen molar-refractivity contribution in [3.8, 4) is 5.75 Å². The van der Waals surface area contributed by atoms with E-state index < -0.39 is 37.8 Å². The summed E-state index contributed by atoms with van der Waals surface area (Å²) in [6, 6.07) is 8.63. The highest BCUT2D eigenvalue weighted by atomic mass is 32.2. The van der Waals surface area contributed by atoms with Gasteiger partial charge in [0, 0.05) is 19.1 Å². The van der Waals surface area contributed by atoms with E-state index in [1.165, 1.54) is 35.7 Å². The van der Waals surface area contributed by atoms with Crippen molar-refractivity contribution in [2.75, 3.05) is 20.2 Å². The maximum absolute atomic E-state index is 12.8. The summed E-state index contributed by atoms with van der Waals surface area (Å²) in [5, 5.41) is 0. The number of piperidine rings is 1. The minimum absolute atomic E-state index is 0.106. The van der Waals surface area contributed by atoms with Crippen LogP contribution in [0.15, 0.2) is 58.3 Å². The zero-order chi connectivity index (χ0) is 22.9. The van der Waals surface area contributed by atoms with Crippen LogP contribution in [0.1, 0.15) is 18.4 Å². The molecule has 1 heterocycles. The molecule has 170 valence electrons. The van der Waals surface area contributed by atoms with Gasteiger partial charge in [-0.2, -0.15) is 17.5 Å². The van der Waals surface area contributed by atoms with Crippen molar-refractivity contribution < 1.29 is 34.7 Å². The standard InChI is InChI=1S/C19H21F3N2O5S2/c1-29-16-4-8-18(9-5-16)31(27,28)24-12-10-15(11-13-24)23-30(25,26)17-6-2-14(3-7-17)19(20,21)22/h2-9,15,23H,10-13H2,1H3. The maximum Gasteiger partial charge on any atom is 0.416 e. The van der Waals surface area contributed by atoms with Gasteiger partial charge in [0.2, 0.25) is 20.0 Å². The number of nitrogens with zero attached hydrogens (tertiary/aromatic N) is 1. The van der Waals surface area contributed by atoms with Crippen LogP contribution in [0.4, 0.5) is 13.2 Å². The normalized spacial score (nSPS) is 16.9. The number of rotatable bonds is 6. The van der Waals surface area contributed by atoms with Crippen LogP contribution in [0, 0.1) is 0 Å². The Morgan fingerprint density at radius 2 is 1.42 bits per heavy atom. The molecule has 0 saturated carbocycles. The van der Waals surface area contributed by atoms with Crippen LogP contribution in [-0.2, 0) is 26.2 Å². The van der Waals surface area contributed by atoms with Gasteiger partial charge < -0.3 is 4.74 Å². The van der Waals surface area contributed by atoms with Gasteiger partial charge >= 0.3 is 6.18 Å². The molecule has 0 aromatic heterocycles. The first-order chi connectivity index (χ1) is 14.4. The van der Waals surface area contributed by atoms with Crippen LogP contribution >= 0.6 is 0 Å². The predicted octanol–water partition coefficient (Wildman–Crippen LogP) is 2.85. The highest BCUT2D eigenvalue weighted by Crippen LogP contribution is 2.30. The quantitative estimate of drug-likeness (QED) is 0.689. The Morgan fingerprint density at radius 3 is 1.90 bits per heavy atom. The van der Waals surface area contributed by atoms with Crippen LogP contribution in [0.25, 0.3) is 0 Å². The molecule has 0 spiro atoms. The van der Waals surface area contributed by atoms with E-state index >= 15 is 0 Å². The summed E-state index contributed by atoms with van der Waals surface area (Å²) in [6.07, 6.45) is -4.09. The van der Waals surface area contributed by atoms with Crippen molar-refractivity contribution in [3.63, 3.8) is 0 Å². The molecule has 0 bridgehead atoms. The summed E-state index contributed by atoms with van der Waals surface area (Å²) in [5.41, 5.74) is -0.941. The minimum Gasteiger partial charge on any atom is -0.497 e. The monoisotopic (exact) mass is 478 g/mol. The van der Waals surface area contributed by atoms with Crippen LogP contribution in [-0.4, -0.2) is 47.4 Å². The molecule has 1 aliphatic heterocycles. The molecule has 2 aromatic rings. The summed E-state index contributed by atoms with van der Waals surface area (Å²) in [4.78, 5) is -0.175. The molecule has 0 aliphatic carbocycles. The van der Waals surface area contributed by atoms with Gasteiger partial charge in [-0.3, -0.25) is 0 Å². The summed E-state index contributed by atoms with van der Waals surface area (Å²) in [5.74, 6) is 0.523. The summed E-state index contributed by atoms with van der Waals surface area (Å²) >= 11 is 0. The van der Waals surface area contributed by atoms with Crippen LogP contribution in [0.2, 0.25) is 0 Å². The number of nitrogens with one attached hydrogen (secondary N) is 1. The van der Waals surface area contributed by atoms with Gasteiger partial charge in [0.25, 0.3) is 0 Å². The van der Waals surface area contributed by atoms with Crippen molar-refractivity contribution >= 4 is 20.0 Å². The highest BCUT2D eigenvalue weighted by molar-refractivity contribution is 7.89. The van der Waals surface area contributed by atoms with Crippen molar-refractivity contribution in [3.05, 3.63) is 54.1 Å². The van der Waals surface area contributed by atoms with Gasteiger partial charge in [0.05, 0.1) is 22.5 Å². The zero-order valence-electron chi connectivity index (χ0n) is 16.5. The van der Waals surface area contributed by atoms with Crippen molar-refractivity contribution in [2.24, 2.45) is 0 Å². The smallest absolute Gasteiger partial charge is 0.416 e. The van der Waals surface area contributed by atoms with Gasteiger partial charge in [0.1, 0.15) is 5.75 Å². The number of halogens is 3. The fourth-order valence-corrected chi connectivity index (χ4v) is 6.00. The fourth-order valence-electron chi connectivity index (χ4n) is 3.22. The van der Waals surface area contributed by atoms with E-state index in [-0.39, 0.29) is 35.7 Å². The Morgan fingerprint density at radius 1 is 0.903 bits per heavy atom. The van der Waals surface area contributed by atoms with Crippen LogP contribution in [0.3, 0.4) is 0 Å². The molecule has 7 nitrogen and oxygen atoms in total. The predicted molar refractivity (Wildman–Crippen MR) is 107 cm³/mol. The highest BCUT2D eigenvalue weighted by Gasteiger charge is 2.33. The van der Waals surface area contributed by atoms with Gasteiger partial charge in [0.15, 0.2) is 0 Å². The third-order valence-electron chi connectivity index (χ3n) is 4.96. The summed E-state index contributed by atoms with van der Waals surface area (Å²) < 4.78 is 97.2. The molecule has 1 saturated heterocycles. The van der Waals surface area contributed by atoms with E-state index in [4.69, 9.17) is 4.74 Å². The zero-order valence-corrected chi connectivity index (χ0v) is 18.1. The molecule has 3 rings (SSSR count). The molecule has 12 heteroatoms. The number of methoxy groups -OCH3 is 1. The van der Waals surface area contributed by atoms with Gasteiger partial charge in [-0.15, -0.1) is 0 Å². The number of benzene rings is 2. The fraction of sp³-hybridized carbons (Fsp3) is 0.368. The van der Waals surface area contributed by atoms with E-state index in [1.807, 2.05) is 0 Å². The first-order valence-corrected chi connectivity index (χ1v) is 12.2. The molecule has 2 aromatic carbocycles. The van der Waals surface area contributed by atoms with Gasteiger partial charge in [-0.05, 0) is 61.4 Å². The lowest BCUT2D eigenvalue weighted by Gasteiger charge is -2.31. The van der Waals surface area contributed by atoms with Crippen molar-refractivity contribution in [1.29, 1.82) is 0 Å². The molecule has 0 amide bonds. The Hall–Kier alpha value is -2.15. The number of alkyl halides is 3. The average molecular weight is 479 g/mol. The summed E-state index contributed by atoms with van der Waals surface area (Å²) in [7, 11) is -6.29.